The summed E-state index contributed by atoms with van der Waals surface area (Å²) in [4.78, 5) is 0. The Morgan fingerprint density at radius 1 is 1.20 bits per heavy atom. The lowest BCUT2D eigenvalue weighted by Crippen LogP contribution is -2.28. The minimum Gasteiger partial charge on any atom is -0.508 e. The van der Waals surface area contributed by atoms with E-state index >= 15 is 0 Å². The Bertz CT molecular complexity index is 339. The Morgan fingerprint density at radius 2 is 1.87 bits per heavy atom. The molecule has 0 saturated heterocycles. The number of halogens is 3. The largest absolute Gasteiger partial charge is 0.508 e. The summed E-state index contributed by atoms with van der Waals surface area (Å²) >= 11 is 0. The summed E-state index contributed by atoms with van der Waals surface area (Å²) in [5.41, 5.74) is 0.303. The maximum atomic E-state index is 11.8. The quantitative estimate of drug-likeness (QED) is 0.728. The van der Waals surface area contributed by atoms with Crippen molar-refractivity contribution < 1.29 is 23.4 Å². The molecule has 15 heavy (non-hydrogen) atoms. The van der Waals surface area contributed by atoms with Crippen molar-refractivity contribution >= 4 is 0 Å². The van der Waals surface area contributed by atoms with Crippen LogP contribution in [0.5, 0.6) is 11.5 Å². The van der Waals surface area contributed by atoms with E-state index in [4.69, 9.17) is 5.11 Å². The summed E-state index contributed by atoms with van der Waals surface area (Å²) in [5.74, 6) is -0.364. The average molecular weight is 221 g/mol. The fourth-order valence-corrected chi connectivity index (χ4v) is 1.04. The van der Waals surface area contributed by atoms with E-state index in [1.54, 1.807) is 0 Å². The van der Waals surface area contributed by atoms with Gasteiger partial charge < -0.3 is 15.5 Å². The van der Waals surface area contributed by atoms with Crippen LogP contribution in [0, 0.1) is 0 Å². The van der Waals surface area contributed by atoms with Crippen molar-refractivity contribution in [3.8, 4) is 11.5 Å². The molecule has 0 fully saturated rings. The van der Waals surface area contributed by atoms with Gasteiger partial charge in [0, 0.05) is 18.2 Å². The molecule has 0 unspecified atom stereocenters. The predicted molar refractivity (Wildman–Crippen MR) is 47.5 cm³/mol. The first-order valence-electron chi connectivity index (χ1n) is 4.17. The van der Waals surface area contributed by atoms with E-state index in [-0.39, 0.29) is 18.0 Å². The van der Waals surface area contributed by atoms with Crippen LogP contribution in [0.15, 0.2) is 18.2 Å². The van der Waals surface area contributed by atoms with Crippen LogP contribution >= 0.6 is 0 Å². The average Bonchev–Trinajstić information content (AvgIpc) is 2.07. The first-order valence-corrected chi connectivity index (χ1v) is 4.17. The van der Waals surface area contributed by atoms with E-state index in [1.165, 1.54) is 12.1 Å². The minimum atomic E-state index is -4.27. The lowest BCUT2D eigenvalue weighted by Gasteiger charge is -2.09. The first-order chi connectivity index (χ1) is 6.88. The lowest BCUT2D eigenvalue weighted by atomic mass is 10.2. The molecule has 0 aliphatic heterocycles. The number of phenolic OH excluding ortho intramolecular Hbond substituents is 2. The molecule has 0 spiro atoms. The summed E-state index contributed by atoms with van der Waals surface area (Å²) in [5, 5.41) is 20.3. The van der Waals surface area contributed by atoms with Crippen molar-refractivity contribution in [1.29, 1.82) is 0 Å². The van der Waals surface area contributed by atoms with E-state index in [9.17, 15) is 18.3 Å². The number of alkyl halides is 3. The molecule has 1 rings (SSSR count). The summed E-state index contributed by atoms with van der Waals surface area (Å²) < 4.78 is 35.3. The van der Waals surface area contributed by atoms with E-state index in [0.29, 0.717) is 5.56 Å². The zero-order valence-corrected chi connectivity index (χ0v) is 7.67. The summed E-state index contributed by atoms with van der Waals surface area (Å²) in [6.45, 7) is -1.22. The number of nitrogens with one attached hydrogen (secondary N) is 1. The molecule has 6 heteroatoms. The van der Waals surface area contributed by atoms with E-state index < -0.39 is 12.7 Å². The Labute approximate surface area is 84.2 Å². The highest BCUT2D eigenvalue weighted by Crippen LogP contribution is 2.22. The fraction of sp³-hybridized carbons (Fsp3) is 0.333. The molecule has 3 N–H and O–H groups in total. The standard InChI is InChI=1S/C9H10F3NO2/c10-9(11,12)5-13-4-6-1-2-7(14)3-8(6)15/h1-3,13-15H,4-5H2. The van der Waals surface area contributed by atoms with Crippen molar-refractivity contribution in [3.05, 3.63) is 23.8 Å². The summed E-state index contributed by atoms with van der Waals surface area (Å²) in [7, 11) is 0. The molecular weight excluding hydrogens is 211 g/mol. The molecule has 0 atom stereocenters. The molecule has 1 aromatic rings. The number of phenols is 2. The van der Waals surface area contributed by atoms with Gasteiger partial charge in [-0.1, -0.05) is 6.07 Å². The maximum Gasteiger partial charge on any atom is 0.401 e. The molecule has 0 saturated carbocycles. The molecule has 3 nitrogen and oxygen atoms in total. The number of benzene rings is 1. The van der Waals surface area contributed by atoms with Crippen LogP contribution in [-0.4, -0.2) is 22.9 Å². The van der Waals surface area contributed by atoms with Crippen molar-refractivity contribution in [3.63, 3.8) is 0 Å². The topological polar surface area (TPSA) is 52.5 Å². The maximum absolute atomic E-state index is 11.8. The van der Waals surface area contributed by atoms with E-state index in [2.05, 4.69) is 5.32 Å². The third-order valence-electron chi connectivity index (χ3n) is 1.71. The van der Waals surface area contributed by atoms with Crippen molar-refractivity contribution in [2.45, 2.75) is 12.7 Å². The Morgan fingerprint density at radius 3 is 2.40 bits per heavy atom. The van der Waals surface area contributed by atoms with Gasteiger partial charge in [0.05, 0.1) is 6.54 Å². The van der Waals surface area contributed by atoms with Gasteiger partial charge in [-0.15, -0.1) is 0 Å². The first kappa shape index (κ1) is 11.6. The van der Waals surface area contributed by atoms with Gasteiger partial charge in [-0.05, 0) is 6.07 Å². The highest BCUT2D eigenvalue weighted by molar-refractivity contribution is 5.38. The Hall–Kier alpha value is -1.43. The van der Waals surface area contributed by atoms with Gasteiger partial charge in [-0.2, -0.15) is 13.2 Å². The van der Waals surface area contributed by atoms with Gasteiger partial charge in [0.25, 0.3) is 0 Å². The monoisotopic (exact) mass is 221 g/mol. The number of hydrogen-bond donors (Lipinski definition) is 3. The van der Waals surface area contributed by atoms with E-state index in [0.717, 1.165) is 6.07 Å². The van der Waals surface area contributed by atoms with Crippen molar-refractivity contribution in [1.82, 2.24) is 5.32 Å². The van der Waals surface area contributed by atoms with E-state index in [1.807, 2.05) is 0 Å². The number of rotatable bonds is 3. The van der Waals surface area contributed by atoms with Gasteiger partial charge >= 0.3 is 6.18 Å². The van der Waals surface area contributed by atoms with Crippen LogP contribution in [0.1, 0.15) is 5.56 Å². The zero-order valence-electron chi connectivity index (χ0n) is 7.67. The van der Waals surface area contributed by atoms with Crippen LogP contribution in [0.3, 0.4) is 0 Å². The van der Waals surface area contributed by atoms with Crippen LogP contribution in [0.25, 0.3) is 0 Å². The van der Waals surface area contributed by atoms with Crippen LogP contribution in [0.2, 0.25) is 0 Å². The second-order valence-corrected chi connectivity index (χ2v) is 3.03. The number of hydrogen-bond acceptors (Lipinski definition) is 3. The minimum absolute atomic E-state index is 0.106. The summed E-state index contributed by atoms with van der Waals surface area (Å²) in [6.07, 6.45) is -4.27. The van der Waals surface area contributed by atoms with Gasteiger partial charge in [0.15, 0.2) is 0 Å². The van der Waals surface area contributed by atoms with Crippen molar-refractivity contribution in [2.75, 3.05) is 6.54 Å². The lowest BCUT2D eigenvalue weighted by molar-refractivity contribution is -0.125. The highest BCUT2D eigenvalue weighted by Gasteiger charge is 2.26. The molecule has 0 heterocycles. The van der Waals surface area contributed by atoms with Crippen LogP contribution in [0.4, 0.5) is 13.2 Å². The second kappa shape index (κ2) is 4.39. The normalized spacial score (nSPS) is 11.7. The third kappa shape index (κ3) is 4.07. The molecule has 0 amide bonds. The molecular formula is C9H10F3NO2. The fourth-order valence-electron chi connectivity index (χ4n) is 1.04. The predicted octanol–water partition coefficient (Wildman–Crippen LogP) is 1.75. The summed E-state index contributed by atoms with van der Waals surface area (Å²) in [6, 6.07) is 3.73. The molecule has 84 valence electrons. The molecule has 0 aliphatic rings. The van der Waals surface area contributed by atoms with Gasteiger partial charge in [0.1, 0.15) is 11.5 Å². The zero-order chi connectivity index (χ0) is 11.5. The van der Waals surface area contributed by atoms with Crippen LogP contribution in [-0.2, 0) is 6.54 Å². The molecule has 0 bridgehead atoms. The molecule has 0 aliphatic carbocycles. The van der Waals surface area contributed by atoms with Crippen LogP contribution < -0.4 is 5.32 Å². The number of aromatic hydroxyl groups is 2. The molecule has 0 radical (unpaired) electrons. The third-order valence-corrected chi connectivity index (χ3v) is 1.71. The SMILES string of the molecule is Oc1ccc(CNCC(F)(F)F)c(O)c1. The Kier molecular flexibility index (Phi) is 3.41. The molecule has 0 aromatic heterocycles. The smallest absolute Gasteiger partial charge is 0.401 e. The van der Waals surface area contributed by atoms with Gasteiger partial charge in [-0.3, -0.25) is 0 Å². The van der Waals surface area contributed by atoms with Crippen molar-refractivity contribution in [2.24, 2.45) is 0 Å². The van der Waals surface area contributed by atoms with Gasteiger partial charge in [-0.25, -0.2) is 0 Å². The highest BCUT2D eigenvalue weighted by atomic mass is 19.4. The Balaban J connectivity index is 2.51. The second-order valence-electron chi connectivity index (χ2n) is 3.03. The van der Waals surface area contributed by atoms with Gasteiger partial charge in [0.2, 0.25) is 0 Å². The molecule has 1 aromatic carbocycles.